The maximum Gasteiger partial charge on any atom is 0.137 e. The number of nitrogens with zero attached hydrogens (tertiary/aromatic N) is 1. The molecular weight excluding hydrogens is 414 g/mol. The zero-order valence-electron chi connectivity index (χ0n) is 18.5. The summed E-state index contributed by atoms with van der Waals surface area (Å²) in [5, 5.41) is 7.20. The average Bonchev–Trinajstić information content (AvgIpc) is 3.28. The highest BCUT2D eigenvalue weighted by Gasteiger charge is 2.17. The fraction of sp³-hybridized carbons (Fsp3) is 0. The molecule has 2 heteroatoms. The monoisotopic (exact) mass is 435 g/mol. The van der Waals surface area contributed by atoms with Crippen LogP contribution >= 0.6 is 0 Å². The van der Waals surface area contributed by atoms with Crippen molar-refractivity contribution in [2.45, 2.75) is 0 Å². The van der Waals surface area contributed by atoms with Gasteiger partial charge in [0, 0.05) is 33.6 Å². The molecule has 0 N–H and O–H groups in total. The first-order chi connectivity index (χ1) is 16.9. The Hall–Kier alpha value is -4.56. The van der Waals surface area contributed by atoms with Crippen LogP contribution in [-0.4, -0.2) is 0 Å². The standard InChI is InChI=1S/C32H21NO/c1-2-12-24(13-3-1)33(29-16-8-11-22-9-4-6-14-26(22)29)25-18-19-28-31(21-25)34-30-20-17-23-10-5-7-15-27(23)32(28)30/h1-21H. The lowest BCUT2D eigenvalue weighted by Gasteiger charge is -2.26. The molecule has 0 saturated carbocycles. The summed E-state index contributed by atoms with van der Waals surface area (Å²) >= 11 is 0. The van der Waals surface area contributed by atoms with E-state index in [4.69, 9.17) is 4.42 Å². The van der Waals surface area contributed by atoms with Crippen molar-refractivity contribution >= 4 is 60.5 Å². The Morgan fingerprint density at radius 3 is 2.00 bits per heavy atom. The topological polar surface area (TPSA) is 16.4 Å². The maximum absolute atomic E-state index is 6.38. The second-order valence-electron chi connectivity index (χ2n) is 8.61. The predicted octanol–water partition coefficient (Wildman–Crippen LogP) is 9.36. The maximum atomic E-state index is 6.38. The van der Waals surface area contributed by atoms with E-state index in [0.29, 0.717) is 0 Å². The lowest BCUT2D eigenvalue weighted by molar-refractivity contribution is 0.669. The van der Waals surface area contributed by atoms with E-state index < -0.39 is 0 Å². The summed E-state index contributed by atoms with van der Waals surface area (Å²) in [6, 6.07) is 44.8. The fourth-order valence-electron chi connectivity index (χ4n) is 5.08. The Labute approximate surface area is 197 Å². The van der Waals surface area contributed by atoms with Gasteiger partial charge in [0.2, 0.25) is 0 Å². The minimum Gasteiger partial charge on any atom is -0.456 e. The number of para-hydroxylation sites is 1. The summed E-state index contributed by atoms with van der Waals surface area (Å²) in [5.41, 5.74) is 5.13. The minimum atomic E-state index is 0.894. The number of benzene rings is 6. The van der Waals surface area contributed by atoms with E-state index in [0.717, 1.165) is 33.6 Å². The number of hydrogen-bond acceptors (Lipinski definition) is 2. The smallest absolute Gasteiger partial charge is 0.137 e. The molecule has 160 valence electrons. The summed E-state index contributed by atoms with van der Waals surface area (Å²) in [4.78, 5) is 2.31. The van der Waals surface area contributed by atoms with Crippen LogP contribution in [0.15, 0.2) is 132 Å². The van der Waals surface area contributed by atoms with Crippen LogP contribution < -0.4 is 4.90 Å². The number of rotatable bonds is 3. The predicted molar refractivity (Wildman–Crippen MR) is 143 cm³/mol. The largest absolute Gasteiger partial charge is 0.456 e. The van der Waals surface area contributed by atoms with Crippen LogP contribution in [0.5, 0.6) is 0 Å². The van der Waals surface area contributed by atoms with Gasteiger partial charge in [0.25, 0.3) is 0 Å². The van der Waals surface area contributed by atoms with Crippen molar-refractivity contribution < 1.29 is 4.42 Å². The highest BCUT2D eigenvalue weighted by Crippen LogP contribution is 2.42. The average molecular weight is 436 g/mol. The van der Waals surface area contributed by atoms with Crippen LogP contribution in [-0.2, 0) is 0 Å². The molecule has 0 saturated heterocycles. The third-order valence-corrected chi connectivity index (χ3v) is 6.63. The van der Waals surface area contributed by atoms with Crippen molar-refractivity contribution in [1.82, 2.24) is 0 Å². The van der Waals surface area contributed by atoms with Crippen molar-refractivity contribution in [3.63, 3.8) is 0 Å². The zero-order chi connectivity index (χ0) is 22.5. The fourth-order valence-corrected chi connectivity index (χ4v) is 5.08. The van der Waals surface area contributed by atoms with Crippen LogP contribution in [0.4, 0.5) is 17.1 Å². The summed E-state index contributed by atoms with van der Waals surface area (Å²) in [6.45, 7) is 0. The van der Waals surface area contributed by atoms with Crippen LogP contribution in [0, 0.1) is 0 Å². The molecule has 7 aromatic rings. The lowest BCUT2D eigenvalue weighted by atomic mass is 10.0. The quantitative estimate of drug-likeness (QED) is 0.275. The zero-order valence-corrected chi connectivity index (χ0v) is 18.5. The second-order valence-corrected chi connectivity index (χ2v) is 8.61. The highest BCUT2D eigenvalue weighted by molar-refractivity contribution is 6.19. The van der Waals surface area contributed by atoms with Crippen molar-refractivity contribution in [3.05, 3.63) is 127 Å². The van der Waals surface area contributed by atoms with Gasteiger partial charge in [0.1, 0.15) is 11.2 Å². The van der Waals surface area contributed by atoms with E-state index in [1.165, 1.54) is 26.9 Å². The molecule has 0 bridgehead atoms. The lowest BCUT2D eigenvalue weighted by Crippen LogP contribution is -2.10. The molecule has 0 amide bonds. The molecule has 0 aliphatic rings. The number of hydrogen-bond donors (Lipinski definition) is 0. The first-order valence-electron chi connectivity index (χ1n) is 11.5. The minimum absolute atomic E-state index is 0.894. The van der Waals surface area contributed by atoms with Gasteiger partial charge >= 0.3 is 0 Å². The van der Waals surface area contributed by atoms with Gasteiger partial charge in [-0.1, -0.05) is 84.9 Å². The number of anilines is 3. The Morgan fingerprint density at radius 2 is 1.15 bits per heavy atom. The summed E-state index contributed by atoms with van der Waals surface area (Å²) in [5.74, 6) is 0. The molecular formula is C32H21NO. The molecule has 34 heavy (non-hydrogen) atoms. The Morgan fingerprint density at radius 1 is 0.441 bits per heavy atom. The van der Waals surface area contributed by atoms with Gasteiger partial charge in [-0.2, -0.15) is 0 Å². The van der Waals surface area contributed by atoms with Gasteiger partial charge in [0.15, 0.2) is 0 Å². The van der Waals surface area contributed by atoms with Crippen LogP contribution in [0.2, 0.25) is 0 Å². The van der Waals surface area contributed by atoms with Crippen molar-refractivity contribution in [2.75, 3.05) is 4.90 Å². The van der Waals surface area contributed by atoms with E-state index in [-0.39, 0.29) is 0 Å². The number of fused-ring (bicyclic) bond motifs is 6. The molecule has 0 fully saturated rings. The third-order valence-electron chi connectivity index (χ3n) is 6.63. The summed E-state index contributed by atoms with van der Waals surface area (Å²) in [7, 11) is 0. The van der Waals surface area contributed by atoms with Gasteiger partial charge in [-0.15, -0.1) is 0 Å². The molecule has 0 atom stereocenters. The van der Waals surface area contributed by atoms with E-state index in [1.54, 1.807) is 0 Å². The van der Waals surface area contributed by atoms with Gasteiger partial charge in [-0.3, -0.25) is 0 Å². The number of furan rings is 1. The van der Waals surface area contributed by atoms with E-state index >= 15 is 0 Å². The molecule has 0 aliphatic carbocycles. The van der Waals surface area contributed by atoms with Crippen LogP contribution in [0.1, 0.15) is 0 Å². The second kappa shape index (κ2) is 7.50. The molecule has 1 aromatic heterocycles. The first-order valence-corrected chi connectivity index (χ1v) is 11.5. The van der Waals surface area contributed by atoms with E-state index in [9.17, 15) is 0 Å². The van der Waals surface area contributed by atoms with Gasteiger partial charge < -0.3 is 9.32 Å². The Balaban J connectivity index is 1.50. The van der Waals surface area contributed by atoms with Gasteiger partial charge in [0.05, 0.1) is 5.69 Å². The van der Waals surface area contributed by atoms with E-state index in [2.05, 4.69) is 132 Å². The van der Waals surface area contributed by atoms with Crippen molar-refractivity contribution in [2.24, 2.45) is 0 Å². The molecule has 7 rings (SSSR count). The summed E-state index contributed by atoms with van der Waals surface area (Å²) < 4.78 is 6.38. The normalized spacial score (nSPS) is 11.5. The van der Waals surface area contributed by atoms with Crippen molar-refractivity contribution in [1.29, 1.82) is 0 Å². The first kappa shape index (κ1) is 19.0. The Bertz CT molecular complexity index is 1810. The highest BCUT2D eigenvalue weighted by atomic mass is 16.3. The third kappa shape index (κ3) is 2.89. The van der Waals surface area contributed by atoms with Gasteiger partial charge in [-0.25, -0.2) is 0 Å². The van der Waals surface area contributed by atoms with Crippen LogP contribution in [0.25, 0.3) is 43.5 Å². The summed E-state index contributed by atoms with van der Waals surface area (Å²) in [6.07, 6.45) is 0. The van der Waals surface area contributed by atoms with Crippen LogP contribution in [0.3, 0.4) is 0 Å². The molecule has 0 spiro atoms. The molecule has 0 unspecified atom stereocenters. The van der Waals surface area contributed by atoms with Gasteiger partial charge in [-0.05, 0) is 52.6 Å². The Kier molecular flexibility index (Phi) is 4.18. The SMILES string of the molecule is c1ccc(N(c2ccc3c(c2)oc2ccc4ccccc4c23)c2cccc3ccccc23)cc1. The molecule has 0 aliphatic heterocycles. The molecule has 2 nitrogen and oxygen atoms in total. The molecule has 6 aromatic carbocycles. The molecule has 1 heterocycles. The van der Waals surface area contributed by atoms with E-state index in [1.807, 2.05) is 0 Å². The molecule has 0 radical (unpaired) electrons. The van der Waals surface area contributed by atoms with Crippen molar-refractivity contribution in [3.8, 4) is 0 Å².